The van der Waals surface area contributed by atoms with Crippen LogP contribution in [0.15, 0.2) is 53.9 Å². The molecule has 130 valence electrons. The number of hydrogen-bond acceptors (Lipinski definition) is 6. The van der Waals surface area contributed by atoms with Gasteiger partial charge in [-0.05, 0) is 30.7 Å². The van der Waals surface area contributed by atoms with Crippen LogP contribution < -0.4 is 15.2 Å². The molecule has 0 bridgehead atoms. The lowest BCUT2D eigenvalue weighted by molar-refractivity contribution is -0.136. The number of rotatable bonds is 4. The maximum atomic E-state index is 12.3. The van der Waals surface area contributed by atoms with Crippen LogP contribution in [-0.4, -0.2) is 24.8 Å². The van der Waals surface area contributed by atoms with Crippen molar-refractivity contribution in [1.29, 1.82) is 0 Å². The van der Waals surface area contributed by atoms with Crippen molar-refractivity contribution in [2.75, 3.05) is 13.7 Å². The number of nitrogens with two attached hydrogens (primary N) is 1. The Morgan fingerprint density at radius 2 is 1.96 bits per heavy atom. The molecule has 0 aliphatic carbocycles. The fourth-order valence-electron chi connectivity index (χ4n) is 2.92. The lowest BCUT2D eigenvalue weighted by Crippen LogP contribution is -2.26. The van der Waals surface area contributed by atoms with E-state index in [1.807, 2.05) is 31.2 Å². The minimum absolute atomic E-state index is 0.0381. The number of esters is 1. The average molecular weight is 341 g/mol. The minimum atomic E-state index is -0.560. The van der Waals surface area contributed by atoms with Gasteiger partial charge in [-0.3, -0.25) is 0 Å². The van der Waals surface area contributed by atoms with Crippen molar-refractivity contribution in [2.24, 2.45) is 5.73 Å². The highest BCUT2D eigenvalue weighted by Gasteiger charge is 2.35. The molecule has 1 aliphatic heterocycles. The van der Waals surface area contributed by atoms with Crippen LogP contribution in [0.2, 0.25) is 0 Å². The van der Waals surface area contributed by atoms with Gasteiger partial charge in [0.25, 0.3) is 0 Å². The van der Waals surface area contributed by atoms with Crippen LogP contribution in [0.4, 0.5) is 0 Å². The number of aromatic hydroxyl groups is 1. The van der Waals surface area contributed by atoms with Gasteiger partial charge in [0.15, 0.2) is 0 Å². The molecule has 0 saturated carbocycles. The van der Waals surface area contributed by atoms with Gasteiger partial charge in [-0.25, -0.2) is 4.79 Å². The van der Waals surface area contributed by atoms with Crippen molar-refractivity contribution in [3.05, 3.63) is 65.0 Å². The zero-order valence-corrected chi connectivity index (χ0v) is 14.0. The van der Waals surface area contributed by atoms with E-state index >= 15 is 0 Å². The fraction of sp³-hybridized carbons (Fsp3) is 0.211. The third-order valence-corrected chi connectivity index (χ3v) is 4.01. The quantitative estimate of drug-likeness (QED) is 0.831. The van der Waals surface area contributed by atoms with Gasteiger partial charge in [0, 0.05) is 11.6 Å². The highest BCUT2D eigenvalue weighted by molar-refractivity contribution is 5.92. The van der Waals surface area contributed by atoms with E-state index in [0.717, 1.165) is 16.9 Å². The molecule has 6 nitrogen and oxygen atoms in total. The predicted molar refractivity (Wildman–Crippen MR) is 91.4 cm³/mol. The van der Waals surface area contributed by atoms with E-state index in [4.69, 9.17) is 19.9 Å². The second-order valence-electron chi connectivity index (χ2n) is 5.53. The molecular formula is C19H19NO5. The maximum absolute atomic E-state index is 12.3. The summed E-state index contributed by atoms with van der Waals surface area (Å²) < 4.78 is 15.9. The van der Waals surface area contributed by atoms with Gasteiger partial charge < -0.3 is 25.1 Å². The van der Waals surface area contributed by atoms with Crippen LogP contribution in [0.1, 0.15) is 24.0 Å². The number of benzene rings is 2. The van der Waals surface area contributed by atoms with Crippen molar-refractivity contribution in [3.63, 3.8) is 0 Å². The van der Waals surface area contributed by atoms with Gasteiger partial charge in [0.1, 0.15) is 22.8 Å². The van der Waals surface area contributed by atoms with E-state index in [1.165, 1.54) is 13.2 Å². The van der Waals surface area contributed by atoms with Crippen molar-refractivity contribution in [3.8, 4) is 17.2 Å². The number of hydrogen-bond donors (Lipinski definition) is 2. The number of phenols is 1. The molecule has 0 saturated heterocycles. The van der Waals surface area contributed by atoms with Crippen LogP contribution in [0.25, 0.3) is 0 Å². The summed E-state index contributed by atoms with van der Waals surface area (Å²) in [5, 5.41) is 9.70. The van der Waals surface area contributed by atoms with E-state index in [-0.39, 0.29) is 17.2 Å². The fourth-order valence-corrected chi connectivity index (χ4v) is 2.92. The zero-order chi connectivity index (χ0) is 18.0. The Kier molecular flexibility index (Phi) is 4.52. The first-order valence-electron chi connectivity index (χ1n) is 7.86. The molecule has 3 rings (SSSR count). The topological polar surface area (TPSA) is 91.0 Å². The highest BCUT2D eigenvalue weighted by atomic mass is 16.5. The molecule has 1 aliphatic rings. The Bertz CT molecular complexity index is 826. The van der Waals surface area contributed by atoms with Crippen molar-refractivity contribution in [1.82, 2.24) is 0 Å². The van der Waals surface area contributed by atoms with Crippen LogP contribution >= 0.6 is 0 Å². The second-order valence-corrected chi connectivity index (χ2v) is 5.53. The first-order chi connectivity index (χ1) is 12.0. The summed E-state index contributed by atoms with van der Waals surface area (Å²) in [7, 11) is 1.30. The summed E-state index contributed by atoms with van der Waals surface area (Å²) in [6.45, 7) is 2.48. The molecule has 0 aromatic heterocycles. The van der Waals surface area contributed by atoms with Gasteiger partial charge in [0.05, 0.1) is 19.6 Å². The monoisotopic (exact) mass is 341 g/mol. The summed E-state index contributed by atoms with van der Waals surface area (Å²) in [4.78, 5) is 12.3. The number of carbonyl (C=O) groups excluding carboxylic acids is 1. The Hall–Kier alpha value is -3.15. The van der Waals surface area contributed by atoms with Gasteiger partial charge in [-0.1, -0.05) is 18.2 Å². The molecule has 1 atom stereocenters. The van der Waals surface area contributed by atoms with Crippen LogP contribution in [0.5, 0.6) is 17.2 Å². The normalized spacial score (nSPS) is 16.0. The number of methoxy groups -OCH3 is 1. The van der Waals surface area contributed by atoms with E-state index in [1.54, 1.807) is 12.1 Å². The van der Waals surface area contributed by atoms with Crippen molar-refractivity contribution in [2.45, 2.75) is 12.8 Å². The third kappa shape index (κ3) is 3.10. The minimum Gasteiger partial charge on any atom is -0.508 e. The summed E-state index contributed by atoms with van der Waals surface area (Å²) in [5.41, 5.74) is 7.76. The second kappa shape index (κ2) is 6.76. The molecule has 2 aromatic carbocycles. The Morgan fingerprint density at radius 3 is 2.60 bits per heavy atom. The van der Waals surface area contributed by atoms with Crippen LogP contribution in [0.3, 0.4) is 0 Å². The van der Waals surface area contributed by atoms with E-state index in [2.05, 4.69) is 0 Å². The number of ether oxygens (including phenoxy) is 3. The lowest BCUT2D eigenvalue weighted by Gasteiger charge is -2.28. The Morgan fingerprint density at radius 1 is 1.24 bits per heavy atom. The molecule has 0 spiro atoms. The molecule has 3 N–H and O–H groups in total. The first-order valence-corrected chi connectivity index (χ1v) is 7.86. The molecule has 0 radical (unpaired) electrons. The van der Waals surface area contributed by atoms with Crippen molar-refractivity contribution < 1.29 is 24.1 Å². The van der Waals surface area contributed by atoms with Crippen LogP contribution in [-0.2, 0) is 9.53 Å². The Balaban J connectivity index is 2.13. The molecule has 1 unspecified atom stereocenters. The molecule has 2 aromatic rings. The van der Waals surface area contributed by atoms with E-state index in [0.29, 0.717) is 12.4 Å². The predicted octanol–water partition coefficient (Wildman–Crippen LogP) is 2.66. The molecule has 6 heteroatoms. The standard InChI is InChI=1S/C19H19NO5/c1-3-24-13-7-4-11(5-8-13)16-14-9-6-12(21)10-15(14)25-18(20)17(16)19(22)23-2/h4-10,16,21H,3,20H2,1-2H3. The van der Waals surface area contributed by atoms with E-state index in [9.17, 15) is 9.90 Å². The van der Waals surface area contributed by atoms with Gasteiger partial charge in [-0.2, -0.15) is 0 Å². The maximum Gasteiger partial charge on any atom is 0.340 e. The summed E-state index contributed by atoms with van der Waals surface area (Å²) in [5.74, 6) is 0.134. The van der Waals surface area contributed by atoms with E-state index < -0.39 is 11.9 Å². The Labute approximate surface area is 145 Å². The molecular weight excluding hydrogens is 322 g/mol. The smallest absolute Gasteiger partial charge is 0.340 e. The molecule has 0 amide bonds. The third-order valence-electron chi connectivity index (χ3n) is 4.01. The highest BCUT2D eigenvalue weighted by Crippen LogP contribution is 2.44. The van der Waals surface area contributed by atoms with Crippen LogP contribution in [0, 0.1) is 0 Å². The summed E-state index contributed by atoms with van der Waals surface area (Å²) in [6.07, 6.45) is 0. The number of phenolic OH excluding ortho intramolecular Hbond substituents is 1. The number of fused-ring (bicyclic) bond motifs is 1. The SMILES string of the molecule is CCOc1ccc(C2C(C(=O)OC)=C(N)Oc3cc(O)ccc32)cc1. The molecule has 0 fully saturated rings. The zero-order valence-electron chi connectivity index (χ0n) is 14.0. The molecule has 25 heavy (non-hydrogen) atoms. The average Bonchev–Trinajstić information content (AvgIpc) is 2.61. The van der Waals surface area contributed by atoms with Gasteiger partial charge in [-0.15, -0.1) is 0 Å². The summed E-state index contributed by atoms with van der Waals surface area (Å²) >= 11 is 0. The first kappa shape index (κ1) is 16.7. The van der Waals surface area contributed by atoms with Gasteiger partial charge >= 0.3 is 5.97 Å². The number of carbonyl (C=O) groups is 1. The largest absolute Gasteiger partial charge is 0.508 e. The molecule has 1 heterocycles. The van der Waals surface area contributed by atoms with Crippen molar-refractivity contribution >= 4 is 5.97 Å². The van der Waals surface area contributed by atoms with Gasteiger partial charge in [0.2, 0.25) is 5.88 Å². The lowest BCUT2D eigenvalue weighted by atomic mass is 9.83. The summed E-state index contributed by atoms with van der Waals surface area (Å²) in [6, 6.07) is 12.1.